The van der Waals surface area contributed by atoms with Crippen molar-refractivity contribution < 1.29 is 0 Å². The van der Waals surface area contributed by atoms with Gasteiger partial charge < -0.3 is 5.32 Å². The van der Waals surface area contributed by atoms with Crippen LogP contribution in [0.25, 0.3) is 0 Å². The lowest BCUT2D eigenvalue weighted by Gasteiger charge is -2.17. The van der Waals surface area contributed by atoms with Crippen LogP contribution in [0.1, 0.15) is 30.0 Å². The molecule has 0 radical (unpaired) electrons. The number of rotatable bonds is 5. The Hall–Kier alpha value is -1.63. The van der Waals surface area contributed by atoms with Crippen molar-refractivity contribution in [1.82, 2.24) is 5.32 Å². The Balaban J connectivity index is 1.97. The van der Waals surface area contributed by atoms with Crippen molar-refractivity contribution in [3.8, 4) is 6.07 Å². The molecule has 0 saturated heterocycles. The lowest BCUT2D eigenvalue weighted by Crippen LogP contribution is -2.24. The molecule has 20 heavy (non-hydrogen) atoms. The second-order valence-electron chi connectivity index (χ2n) is 4.77. The van der Waals surface area contributed by atoms with E-state index in [9.17, 15) is 5.26 Å². The van der Waals surface area contributed by atoms with Gasteiger partial charge in [-0.2, -0.15) is 5.26 Å². The highest BCUT2D eigenvalue weighted by atomic mass is 79.9. The standard InChI is InChI=1S/C17H17BrN2/c1-13(14-7-9-17(18)10-8-14)20-12-16(11-19)15-5-3-2-4-6-15/h2-10,13,16,20H,12H2,1H3. The first-order valence-corrected chi connectivity index (χ1v) is 7.43. The van der Waals surface area contributed by atoms with Gasteiger partial charge in [0, 0.05) is 17.1 Å². The van der Waals surface area contributed by atoms with Crippen LogP contribution in [-0.4, -0.2) is 6.54 Å². The van der Waals surface area contributed by atoms with Gasteiger partial charge in [0.1, 0.15) is 0 Å². The van der Waals surface area contributed by atoms with Gasteiger partial charge >= 0.3 is 0 Å². The van der Waals surface area contributed by atoms with Crippen LogP contribution in [0.3, 0.4) is 0 Å². The average molecular weight is 329 g/mol. The molecule has 102 valence electrons. The zero-order valence-electron chi connectivity index (χ0n) is 11.4. The van der Waals surface area contributed by atoms with Crippen molar-refractivity contribution in [3.05, 3.63) is 70.2 Å². The minimum Gasteiger partial charge on any atom is -0.309 e. The fraction of sp³-hybridized carbons (Fsp3) is 0.235. The molecule has 0 aliphatic rings. The number of nitrogens with one attached hydrogen (secondary N) is 1. The monoisotopic (exact) mass is 328 g/mol. The summed E-state index contributed by atoms with van der Waals surface area (Å²) in [4.78, 5) is 0. The van der Waals surface area contributed by atoms with Gasteiger partial charge in [-0.25, -0.2) is 0 Å². The molecule has 2 nitrogen and oxygen atoms in total. The van der Waals surface area contributed by atoms with Crippen LogP contribution in [0, 0.1) is 11.3 Å². The summed E-state index contributed by atoms with van der Waals surface area (Å²) in [6, 6.07) is 20.7. The number of nitrogens with zero attached hydrogens (tertiary/aromatic N) is 1. The number of nitriles is 1. The summed E-state index contributed by atoms with van der Waals surface area (Å²) < 4.78 is 1.08. The van der Waals surface area contributed by atoms with Crippen molar-refractivity contribution in [2.24, 2.45) is 0 Å². The molecular weight excluding hydrogens is 312 g/mol. The van der Waals surface area contributed by atoms with E-state index in [1.54, 1.807) is 0 Å². The molecule has 2 aromatic rings. The van der Waals surface area contributed by atoms with E-state index in [1.165, 1.54) is 5.56 Å². The second kappa shape index (κ2) is 7.23. The van der Waals surface area contributed by atoms with Gasteiger partial charge in [0.05, 0.1) is 12.0 Å². The van der Waals surface area contributed by atoms with Crippen molar-refractivity contribution in [2.75, 3.05) is 6.54 Å². The van der Waals surface area contributed by atoms with E-state index in [1.807, 2.05) is 42.5 Å². The topological polar surface area (TPSA) is 35.8 Å². The highest BCUT2D eigenvalue weighted by molar-refractivity contribution is 9.10. The van der Waals surface area contributed by atoms with Crippen LogP contribution >= 0.6 is 15.9 Å². The Kier molecular flexibility index (Phi) is 5.34. The Morgan fingerprint density at radius 1 is 1.05 bits per heavy atom. The minimum atomic E-state index is -0.117. The third-order valence-electron chi connectivity index (χ3n) is 3.36. The average Bonchev–Trinajstić information content (AvgIpc) is 2.49. The Bertz CT molecular complexity index is 572. The van der Waals surface area contributed by atoms with Crippen molar-refractivity contribution >= 4 is 15.9 Å². The third kappa shape index (κ3) is 3.93. The molecule has 0 bridgehead atoms. The Morgan fingerprint density at radius 2 is 1.70 bits per heavy atom. The molecule has 0 aromatic heterocycles. The predicted molar refractivity (Wildman–Crippen MR) is 85.4 cm³/mol. The summed E-state index contributed by atoms with van der Waals surface area (Å²) in [7, 11) is 0. The molecule has 3 heteroatoms. The highest BCUT2D eigenvalue weighted by Crippen LogP contribution is 2.18. The van der Waals surface area contributed by atoms with Gasteiger partial charge in [0.15, 0.2) is 0 Å². The SMILES string of the molecule is CC(NCC(C#N)c1ccccc1)c1ccc(Br)cc1. The highest BCUT2D eigenvalue weighted by Gasteiger charge is 2.12. The molecule has 2 atom stereocenters. The van der Waals surface area contributed by atoms with E-state index in [2.05, 4.69) is 46.4 Å². The molecule has 2 aromatic carbocycles. The van der Waals surface area contributed by atoms with Gasteiger partial charge in [-0.3, -0.25) is 0 Å². The lowest BCUT2D eigenvalue weighted by molar-refractivity contribution is 0.558. The van der Waals surface area contributed by atoms with Crippen molar-refractivity contribution in [2.45, 2.75) is 18.9 Å². The molecule has 0 spiro atoms. The van der Waals surface area contributed by atoms with Crippen LogP contribution in [0.4, 0.5) is 0 Å². The van der Waals surface area contributed by atoms with E-state index in [4.69, 9.17) is 0 Å². The molecule has 1 N–H and O–H groups in total. The smallest absolute Gasteiger partial charge is 0.0837 e. The maximum atomic E-state index is 9.30. The van der Waals surface area contributed by atoms with Crippen LogP contribution in [0.5, 0.6) is 0 Å². The second-order valence-corrected chi connectivity index (χ2v) is 5.69. The summed E-state index contributed by atoms with van der Waals surface area (Å²) in [5.74, 6) is -0.117. The first kappa shape index (κ1) is 14.8. The third-order valence-corrected chi connectivity index (χ3v) is 3.88. The summed E-state index contributed by atoms with van der Waals surface area (Å²) >= 11 is 3.44. The van der Waals surface area contributed by atoms with Crippen LogP contribution in [0.15, 0.2) is 59.1 Å². The van der Waals surface area contributed by atoms with E-state index in [0.29, 0.717) is 6.54 Å². The molecule has 0 aliphatic carbocycles. The van der Waals surface area contributed by atoms with Gasteiger partial charge in [-0.15, -0.1) is 0 Å². The quantitative estimate of drug-likeness (QED) is 0.882. The lowest BCUT2D eigenvalue weighted by atomic mass is 10.00. The maximum absolute atomic E-state index is 9.30. The molecule has 2 rings (SSSR count). The van der Waals surface area contributed by atoms with E-state index < -0.39 is 0 Å². The first-order chi connectivity index (χ1) is 9.70. The summed E-state index contributed by atoms with van der Waals surface area (Å²) in [5, 5.41) is 12.7. The first-order valence-electron chi connectivity index (χ1n) is 6.64. The number of halogens is 1. The van der Waals surface area contributed by atoms with Crippen LogP contribution in [0.2, 0.25) is 0 Å². The summed E-state index contributed by atoms with van der Waals surface area (Å²) in [6.07, 6.45) is 0. The summed E-state index contributed by atoms with van der Waals surface area (Å²) in [6.45, 7) is 2.76. The van der Waals surface area contributed by atoms with E-state index in [0.717, 1.165) is 10.0 Å². The fourth-order valence-corrected chi connectivity index (χ4v) is 2.35. The van der Waals surface area contributed by atoms with E-state index >= 15 is 0 Å². The van der Waals surface area contributed by atoms with Crippen molar-refractivity contribution in [1.29, 1.82) is 5.26 Å². The Morgan fingerprint density at radius 3 is 2.30 bits per heavy atom. The number of hydrogen-bond acceptors (Lipinski definition) is 2. The Labute approximate surface area is 128 Å². The van der Waals surface area contributed by atoms with Gasteiger partial charge in [-0.05, 0) is 30.2 Å². The molecule has 0 amide bonds. The fourth-order valence-electron chi connectivity index (χ4n) is 2.09. The van der Waals surface area contributed by atoms with E-state index in [-0.39, 0.29) is 12.0 Å². The minimum absolute atomic E-state index is 0.117. The van der Waals surface area contributed by atoms with Crippen LogP contribution in [-0.2, 0) is 0 Å². The number of benzene rings is 2. The molecule has 0 aliphatic heterocycles. The molecule has 0 fully saturated rings. The predicted octanol–water partition coefficient (Wildman–Crippen LogP) is 4.41. The molecular formula is C17H17BrN2. The van der Waals surface area contributed by atoms with Gasteiger partial charge in [0.2, 0.25) is 0 Å². The molecule has 0 heterocycles. The maximum Gasteiger partial charge on any atom is 0.0837 e. The van der Waals surface area contributed by atoms with Crippen molar-refractivity contribution in [3.63, 3.8) is 0 Å². The van der Waals surface area contributed by atoms with Gasteiger partial charge in [0.25, 0.3) is 0 Å². The van der Waals surface area contributed by atoms with Crippen LogP contribution < -0.4 is 5.32 Å². The summed E-state index contributed by atoms with van der Waals surface area (Å²) in [5.41, 5.74) is 2.28. The zero-order chi connectivity index (χ0) is 14.4. The largest absolute Gasteiger partial charge is 0.309 e. The molecule has 0 saturated carbocycles. The molecule has 2 unspecified atom stereocenters. The van der Waals surface area contributed by atoms with Gasteiger partial charge in [-0.1, -0.05) is 58.4 Å². The number of hydrogen-bond donors (Lipinski definition) is 1. The zero-order valence-corrected chi connectivity index (χ0v) is 13.0. The normalized spacial score (nSPS) is 13.4.